The van der Waals surface area contributed by atoms with Crippen molar-refractivity contribution in [2.24, 2.45) is 5.92 Å². The molecule has 1 aliphatic rings. The first-order valence-corrected chi connectivity index (χ1v) is 13.3. The van der Waals surface area contributed by atoms with Gasteiger partial charge >= 0.3 is 12.1 Å². The summed E-state index contributed by atoms with van der Waals surface area (Å²) in [5.74, 6) is -2.43. The van der Waals surface area contributed by atoms with Crippen molar-refractivity contribution in [2.45, 2.75) is 31.3 Å². The molecule has 0 aromatic heterocycles. The van der Waals surface area contributed by atoms with E-state index in [2.05, 4.69) is 28.8 Å². The first kappa shape index (κ1) is 30.9. The maximum Gasteiger partial charge on any atom is 0.490 e. The number of carbonyl (C=O) groups excluding carboxylic acids is 1. The standard InChI is InChI=1S/C23H32N4O3S.C2HF3O2/c1-17(2)15-18-5-8-20(9-6-18)31(29,30)25-21-16-19(23(28)26(3)4)7-10-22(21)27-13-11-24-12-14-27;3-2(4,5)1(6)7/h5-10,16-17,24-25H,11-15H2,1-4H3;(H,6,7). The fourth-order valence-electron chi connectivity index (χ4n) is 3.67. The van der Waals surface area contributed by atoms with Crippen molar-refractivity contribution >= 4 is 33.3 Å². The highest BCUT2D eigenvalue weighted by molar-refractivity contribution is 7.92. The van der Waals surface area contributed by atoms with Gasteiger partial charge in [-0.3, -0.25) is 9.52 Å². The minimum Gasteiger partial charge on any atom is -0.475 e. The van der Waals surface area contributed by atoms with Crippen LogP contribution in [0.3, 0.4) is 0 Å². The van der Waals surface area contributed by atoms with Crippen LogP contribution in [0.4, 0.5) is 24.5 Å². The van der Waals surface area contributed by atoms with Crippen molar-refractivity contribution in [3.05, 3.63) is 53.6 Å². The Morgan fingerprint density at radius 2 is 1.63 bits per heavy atom. The van der Waals surface area contributed by atoms with Gasteiger partial charge in [-0.15, -0.1) is 0 Å². The lowest BCUT2D eigenvalue weighted by molar-refractivity contribution is -0.192. The van der Waals surface area contributed by atoms with Crippen molar-refractivity contribution in [3.8, 4) is 0 Å². The molecule has 0 atom stereocenters. The van der Waals surface area contributed by atoms with Gasteiger partial charge in [-0.25, -0.2) is 13.2 Å². The number of carbonyl (C=O) groups is 2. The zero-order valence-corrected chi connectivity index (χ0v) is 22.5. The number of halogens is 3. The summed E-state index contributed by atoms with van der Waals surface area (Å²) in [6.07, 6.45) is -4.18. The second kappa shape index (κ2) is 13.0. The number of carboxylic acid groups (broad SMARTS) is 1. The number of carboxylic acids is 1. The molecule has 1 amide bonds. The Bertz CT molecular complexity index is 1210. The van der Waals surface area contributed by atoms with Gasteiger partial charge in [0.25, 0.3) is 15.9 Å². The van der Waals surface area contributed by atoms with Crippen molar-refractivity contribution in [1.82, 2.24) is 10.2 Å². The van der Waals surface area contributed by atoms with Crippen LogP contribution in [-0.2, 0) is 21.2 Å². The summed E-state index contributed by atoms with van der Waals surface area (Å²) < 4.78 is 60.8. The van der Waals surface area contributed by atoms with Crippen LogP contribution in [0.25, 0.3) is 0 Å². The number of benzene rings is 2. The molecule has 38 heavy (non-hydrogen) atoms. The normalized spacial score (nSPS) is 13.9. The molecule has 2 aromatic carbocycles. The Labute approximate surface area is 220 Å². The number of aliphatic carboxylic acids is 1. The summed E-state index contributed by atoms with van der Waals surface area (Å²) in [4.78, 5) is 25.2. The van der Waals surface area contributed by atoms with E-state index in [-0.39, 0.29) is 10.8 Å². The smallest absolute Gasteiger partial charge is 0.475 e. The van der Waals surface area contributed by atoms with Crippen LogP contribution in [0.5, 0.6) is 0 Å². The fourth-order valence-corrected chi connectivity index (χ4v) is 4.74. The third kappa shape index (κ3) is 8.91. The van der Waals surface area contributed by atoms with E-state index in [1.54, 1.807) is 38.4 Å². The lowest BCUT2D eigenvalue weighted by Gasteiger charge is -2.31. The molecule has 0 saturated carbocycles. The molecule has 0 spiro atoms. The predicted octanol–water partition coefficient (Wildman–Crippen LogP) is 3.43. The second-order valence-corrected chi connectivity index (χ2v) is 11.0. The Morgan fingerprint density at radius 1 is 1.08 bits per heavy atom. The second-order valence-electron chi connectivity index (χ2n) is 9.32. The van der Waals surface area contributed by atoms with Gasteiger partial charge in [0.1, 0.15) is 0 Å². The van der Waals surface area contributed by atoms with Gasteiger partial charge < -0.3 is 20.2 Å². The van der Waals surface area contributed by atoms with E-state index in [0.717, 1.165) is 43.9 Å². The molecule has 210 valence electrons. The summed E-state index contributed by atoms with van der Waals surface area (Å²) in [6, 6.07) is 12.2. The zero-order chi connectivity index (χ0) is 28.7. The van der Waals surface area contributed by atoms with E-state index in [9.17, 15) is 26.4 Å². The number of sulfonamides is 1. The number of piperazine rings is 1. The third-order valence-electron chi connectivity index (χ3n) is 5.47. The Morgan fingerprint density at radius 3 is 2.11 bits per heavy atom. The maximum absolute atomic E-state index is 13.1. The van der Waals surface area contributed by atoms with Gasteiger partial charge in [-0.05, 0) is 48.2 Å². The van der Waals surface area contributed by atoms with Gasteiger partial charge in [0.15, 0.2) is 0 Å². The molecule has 0 bridgehead atoms. The molecule has 1 heterocycles. The molecule has 1 fully saturated rings. The van der Waals surface area contributed by atoms with Gasteiger partial charge in [-0.1, -0.05) is 26.0 Å². The number of rotatable bonds is 7. The maximum atomic E-state index is 13.1. The first-order chi connectivity index (χ1) is 17.6. The number of alkyl halides is 3. The summed E-state index contributed by atoms with van der Waals surface area (Å²) in [5.41, 5.74) is 2.74. The van der Waals surface area contributed by atoms with Crippen molar-refractivity contribution < 1.29 is 36.3 Å². The minimum atomic E-state index is -5.08. The highest BCUT2D eigenvalue weighted by Crippen LogP contribution is 2.30. The number of hydrogen-bond acceptors (Lipinski definition) is 6. The Kier molecular flexibility index (Phi) is 10.5. The highest BCUT2D eigenvalue weighted by Gasteiger charge is 2.38. The van der Waals surface area contributed by atoms with E-state index >= 15 is 0 Å². The summed E-state index contributed by atoms with van der Waals surface area (Å²) in [6.45, 7) is 7.43. The van der Waals surface area contributed by atoms with Crippen LogP contribution in [0, 0.1) is 5.92 Å². The largest absolute Gasteiger partial charge is 0.490 e. The van der Waals surface area contributed by atoms with Crippen LogP contribution in [0.2, 0.25) is 0 Å². The van der Waals surface area contributed by atoms with Crippen LogP contribution in [0.1, 0.15) is 29.8 Å². The van der Waals surface area contributed by atoms with Gasteiger partial charge in [0.05, 0.1) is 16.3 Å². The summed E-state index contributed by atoms with van der Waals surface area (Å²) in [5, 5.41) is 10.4. The molecule has 0 aliphatic carbocycles. The molecular formula is C25H33F3N4O5S. The lowest BCUT2D eigenvalue weighted by atomic mass is 10.0. The third-order valence-corrected chi connectivity index (χ3v) is 6.85. The van der Waals surface area contributed by atoms with Gasteiger partial charge in [-0.2, -0.15) is 13.2 Å². The van der Waals surface area contributed by atoms with E-state index < -0.39 is 22.2 Å². The number of hydrogen-bond donors (Lipinski definition) is 3. The number of nitrogens with one attached hydrogen (secondary N) is 2. The molecule has 3 rings (SSSR count). The molecule has 1 aliphatic heterocycles. The molecule has 1 saturated heterocycles. The van der Waals surface area contributed by atoms with Crippen molar-refractivity contribution in [3.63, 3.8) is 0 Å². The average molecular weight is 559 g/mol. The SMILES string of the molecule is CC(C)Cc1ccc(S(=O)(=O)Nc2cc(C(=O)N(C)C)ccc2N2CCNCC2)cc1.O=C(O)C(F)(F)F. The summed E-state index contributed by atoms with van der Waals surface area (Å²) >= 11 is 0. The van der Waals surface area contributed by atoms with Crippen LogP contribution in [-0.4, -0.2) is 76.8 Å². The molecule has 0 unspecified atom stereocenters. The van der Waals surface area contributed by atoms with Crippen LogP contribution in [0.15, 0.2) is 47.4 Å². The van der Waals surface area contributed by atoms with Crippen LogP contribution >= 0.6 is 0 Å². The molecule has 3 N–H and O–H groups in total. The van der Waals surface area contributed by atoms with E-state index in [0.29, 0.717) is 17.2 Å². The van der Waals surface area contributed by atoms with Gasteiger partial charge in [0, 0.05) is 45.8 Å². The Hall–Kier alpha value is -3.32. The van der Waals surface area contributed by atoms with E-state index in [1.165, 1.54) is 4.90 Å². The van der Waals surface area contributed by atoms with E-state index in [4.69, 9.17) is 9.90 Å². The monoisotopic (exact) mass is 558 g/mol. The molecular weight excluding hydrogens is 525 g/mol. The quantitative estimate of drug-likeness (QED) is 0.477. The number of anilines is 2. The van der Waals surface area contributed by atoms with Crippen molar-refractivity contribution in [1.29, 1.82) is 0 Å². The molecule has 2 aromatic rings. The highest BCUT2D eigenvalue weighted by atomic mass is 32.2. The number of amides is 1. The molecule has 9 nitrogen and oxygen atoms in total. The summed E-state index contributed by atoms with van der Waals surface area (Å²) in [7, 11) is -0.448. The minimum absolute atomic E-state index is 0.176. The average Bonchev–Trinajstić information content (AvgIpc) is 2.83. The van der Waals surface area contributed by atoms with E-state index in [1.807, 2.05) is 18.2 Å². The topological polar surface area (TPSA) is 119 Å². The first-order valence-electron chi connectivity index (χ1n) is 11.8. The van der Waals surface area contributed by atoms with Gasteiger partial charge in [0.2, 0.25) is 0 Å². The predicted molar refractivity (Wildman–Crippen MR) is 139 cm³/mol. The molecule has 13 heteroatoms. The lowest BCUT2D eigenvalue weighted by Crippen LogP contribution is -2.43. The molecule has 0 radical (unpaired) electrons. The van der Waals surface area contributed by atoms with Crippen LogP contribution < -0.4 is 14.9 Å². The number of nitrogens with zero attached hydrogens (tertiary/aromatic N) is 2. The Balaban J connectivity index is 0.000000638. The fraction of sp³-hybridized carbons (Fsp3) is 0.440. The zero-order valence-electron chi connectivity index (χ0n) is 21.7. The van der Waals surface area contributed by atoms with Crippen molar-refractivity contribution in [2.75, 3.05) is 49.9 Å².